The van der Waals surface area contributed by atoms with Crippen molar-refractivity contribution in [3.05, 3.63) is 29.8 Å². The van der Waals surface area contributed by atoms with Crippen molar-refractivity contribution in [3.63, 3.8) is 0 Å². The molecule has 1 aromatic carbocycles. The third kappa shape index (κ3) is 6.05. The average Bonchev–Trinajstić information content (AvgIpc) is 3.12. The van der Waals surface area contributed by atoms with Crippen LogP contribution in [0.25, 0.3) is 5.69 Å². The second-order valence-electron chi connectivity index (χ2n) is 7.04. The third-order valence-electron chi connectivity index (χ3n) is 4.09. The van der Waals surface area contributed by atoms with Crippen molar-refractivity contribution < 1.29 is 9.59 Å². The molecule has 1 aromatic heterocycles. The molecule has 0 bridgehead atoms. The van der Waals surface area contributed by atoms with Crippen LogP contribution in [0, 0.1) is 0 Å². The predicted octanol–water partition coefficient (Wildman–Crippen LogP) is 2.25. The van der Waals surface area contributed by atoms with Crippen LogP contribution < -0.4 is 5.32 Å². The number of nitrogens with one attached hydrogen (secondary N) is 1. The normalized spacial score (nSPS) is 11.1. The van der Waals surface area contributed by atoms with E-state index in [-0.39, 0.29) is 30.2 Å². The first kappa shape index (κ1) is 21.9. The Bertz CT molecular complexity index is 788. The molecule has 2 aromatic rings. The van der Waals surface area contributed by atoms with E-state index < -0.39 is 0 Å². The van der Waals surface area contributed by atoms with E-state index in [0.29, 0.717) is 17.6 Å². The lowest BCUT2D eigenvalue weighted by Crippen LogP contribution is -2.43. The second-order valence-corrected chi connectivity index (χ2v) is 7.98. The van der Waals surface area contributed by atoms with Gasteiger partial charge in [-0.25, -0.2) is 0 Å². The van der Waals surface area contributed by atoms with Crippen molar-refractivity contribution in [2.24, 2.45) is 0 Å². The summed E-state index contributed by atoms with van der Waals surface area (Å²) in [5.41, 5.74) is 2.08. The molecule has 0 fully saturated rings. The lowest BCUT2D eigenvalue weighted by molar-refractivity contribution is -0.134. The van der Waals surface area contributed by atoms with E-state index in [1.165, 1.54) is 22.2 Å². The molecule has 0 saturated carbocycles. The summed E-state index contributed by atoms with van der Waals surface area (Å²) in [6, 6.07) is 8.07. The number of carbonyl (C=O) groups excluding carboxylic acids is 2. The Hall–Kier alpha value is -2.42. The first-order chi connectivity index (χ1) is 13.3. The Morgan fingerprint density at radius 3 is 2.43 bits per heavy atom. The smallest absolute Gasteiger partial charge is 0.239 e. The van der Waals surface area contributed by atoms with Gasteiger partial charge in [0.1, 0.15) is 0 Å². The van der Waals surface area contributed by atoms with Gasteiger partial charge in [-0.3, -0.25) is 9.59 Å². The monoisotopic (exact) mass is 404 g/mol. The van der Waals surface area contributed by atoms with Crippen LogP contribution in [-0.2, 0) is 9.59 Å². The van der Waals surface area contributed by atoms with Crippen LogP contribution in [0.3, 0.4) is 0 Å². The summed E-state index contributed by atoms with van der Waals surface area (Å²) in [6.07, 6.45) is 0. The average molecular weight is 405 g/mol. The number of thioether (sulfide) groups is 1. The summed E-state index contributed by atoms with van der Waals surface area (Å²) >= 11 is 1.26. The van der Waals surface area contributed by atoms with Gasteiger partial charge in [-0.15, -0.1) is 5.10 Å². The lowest BCUT2D eigenvalue weighted by Gasteiger charge is -2.20. The molecule has 1 N–H and O–H groups in total. The SMILES string of the molecule is CCN(CC(=O)NC(C)C)C(=O)CSc1nnnn1-c1ccc(C(C)C)cc1. The van der Waals surface area contributed by atoms with E-state index >= 15 is 0 Å². The topological polar surface area (TPSA) is 93.0 Å². The second kappa shape index (κ2) is 10.2. The molecule has 0 spiro atoms. The fourth-order valence-electron chi connectivity index (χ4n) is 2.57. The molecule has 0 radical (unpaired) electrons. The van der Waals surface area contributed by atoms with E-state index in [1.807, 2.05) is 45.0 Å². The van der Waals surface area contributed by atoms with E-state index in [9.17, 15) is 9.59 Å². The number of nitrogens with zero attached hydrogens (tertiary/aromatic N) is 5. The molecule has 0 aliphatic rings. The zero-order valence-corrected chi connectivity index (χ0v) is 17.9. The van der Waals surface area contributed by atoms with Crippen LogP contribution in [0.4, 0.5) is 0 Å². The Kier molecular flexibility index (Phi) is 7.98. The zero-order valence-electron chi connectivity index (χ0n) is 17.0. The summed E-state index contributed by atoms with van der Waals surface area (Å²) in [7, 11) is 0. The number of benzene rings is 1. The minimum Gasteiger partial charge on any atom is -0.352 e. The van der Waals surface area contributed by atoms with E-state index in [4.69, 9.17) is 0 Å². The summed E-state index contributed by atoms with van der Waals surface area (Å²) in [6.45, 7) is 10.4. The van der Waals surface area contributed by atoms with Gasteiger partial charge in [0.15, 0.2) is 0 Å². The number of rotatable bonds is 9. The van der Waals surface area contributed by atoms with Crippen LogP contribution in [0.1, 0.15) is 46.1 Å². The van der Waals surface area contributed by atoms with Crippen molar-refractivity contribution >= 4 is 23.6 Å². The molecular weight excluding hydrogens is 376 g/mol. The highest BCUT2D eigenvalue weighted by atomic mass is 32.2. The number of tetrazole rings is 1. The van der Waals surface area contributed by atoms with Gasteiger partial charge in [0.05, 0.1) is 18.0 Å². The molecular formula is C19H28N6O2S. The molecule has 8 nitrogen and oxygen atoms in total. The fraction of sp³-hybridized carbons (Fsp3) is 0.526. The molecule has 9 heteroatoms. The largest absolute Gasteiger partial charge is 0.352 e. The molecule has 0 aliphatic carbocycles. The maximum absolute atomic E-state index is 12.5. The Morgan fingerprint density at radius 2 is 1.86 bits per heavy atom. The minimum absolute atomic E-state index is 0.0439. The Balaban J connectivity index is 2.00. The first-order valence-electron chi connectivity index (χ1n) is 9.40. The van der Waals surface area contributed by atoms with Gasteiger partial charge in [-0.1, -0.05) is 37.7 Å². The van der Waals surface area contributed by atoms with E-state index in [0.717, 1.165) is 5.69 Å². The molecule has 152 valence electrons. The quantitative estimate of drug-likeness (QED) is 0.645. The van der Waals surface area contributed by atoms with Crippen molar-refractivity contribution in [1.82, 2.24) is 30.4 Å². The number of likely N-dealkylation sites (N-methyl/N-ethyl adjacent to an activating group) is 1. The minimum atomic E-state index is -0.162. The fourth-order valence-corrected chi connectivity index (χ4v) is 3.36. The molecule has 0 unspecified atom stereocenters. The summed E-state index contributed by atoms with van der Waals surface area (Å²) in [5, 5.41) is 15.1. The highest BCUT2D eigenvalue weighted by Crippen LogP contribution is 2.21. The molecule has 2 rings (SSSR count). The van der Waals surface area contributed by atoms with E-state index in [1.54, 1.807) is 4.68 Å². The van der Waals surface area contributed by atoms with Gasteiger partial charge in [0.25, 0.3) is 0 Å². The number of carbonyl (C=O) groups is 2. The molecule has 0 aliphatic heterocycles. The summed E-state index contributed by atoms with van der Waals surface area (Å²) < 4.78 is 1.61. The number of hydrogen-bond donors (Lipinski definition) is 1. The Labute approximate surface area is 170 Å². The van der Waals surface area contributed by atoms with Crippen molar-refractivity contribution in [2.45, 2.75) is 51.7 Å². The zero-order chi connectivity index (χ0) is 20.7. The highest BCUT2D eigenvalue weighted by molar-refractivity contribution is 7.99. The van der Waals surface area contributed by atoms with Crippen LogP contribution >= 0.6 is 11.8 Å². The number of aromatic nitrogens is 4. The van der Waals surface area contributed by atoms with Crippen LogP contribution in [0.15, 0.2) is 29.4 Å². The third-order valence-corrected chi connectivity index (χ3v) is 4.99. The van der Waals surface area contributed by atoms with Crippen molar-refractivity contribution in [2.75, 3.05) is 18.8 Å². The van der Waals surface area contributed by atoms with E-state index in [2.05, 4.69) is 34.7 Å². The van der Waals surface area contributed by atoms with Gasteiger partial charge in [0, 0.05) is 12.6 Å². The van der Waals surface area contributed by atoms with Crippen LogP contribution in [-0.4, -0.2) is 61.8 Å². The van der Waals surface area contributed by atoms with Crippen LogP contribution in [0.5, 0.6) is 0 Å². The number of amides is 2. The van der Waals surface area contributed by atoms with Crippen LogP contribution in [0.2, 0.25) is 0 Å². The van der Waals surface area contributed by atoms with Crippen molar-refractivity contribution in [3.8, 4) is 5.69 Å². The number of hydrogen-bond acceptors (Lipinski definition) is 6. The molecule has 28 heavy (non-hydrogen) atoms. The van der Waals surface area contributed by atoms with Gasteiger partial charge in [0.2, 0.25) is 17.0 Å². The summed E-state index contributed by atoms with van der Waals surface area (Å²) in [4.78, 5) is 26.0. The predicted molar refractivity (Wildman–Crippen MR) is 109 cm³/mol. The van der Waals surface area contributed by atoms with Gasteiger partial charge >= 0.3 is 0 Å². The molecule has 0 atom stereocenters. The first-order valence-corrected chi connectivity index (χ1v) is 10.4. The lowest BCUT2D eigenvalue weighted by atomic mass is 10.0. The molecule has 2 amide bonds. The van der Waals surface area contributed by atoms with Gasteiger partial charge in [-0.2, -0.15) is 4.68 Å². The molecule has 1 heterocycles. The van der Waals surface area contributed by atoms with Gasteiger partial charge < -0.3 is 10.2 Å². The maximum atomic E-state index is 12.5. The highest BCUT2D eigenvalue weighted by Gasteiger charge is 2.18. The van der Waals surface area contributed by atoms with Gasteiger partial charge in [-0.05, 0) is 54.8 Å². The standard InChI is InChI=1S/C19H28N6O2S/c1-6-24(11-17(26)20-14(4)5)18(27)12-28-19-21-22-23-25(19)16-9-7-15(8-10-16)13(2)3/h7-10,13-14H,6,11-12H2,1-5H3,(H,20,26). The summed E-state index contributed by atoms with van der Waals surface area (Å²) in [5.74, 6) is 0.316. The maximum Gasteiger partial charge on any atom is 0.239 e. The van der Waals surface area contributed by atoms with Crippen molar-refractivity contribution in [1.29, 1.82) is 0 Å². The Morgan fingerprint density at radius 1 is 1.18 bits per heavy atom. The molecule has 0 saturated heterocycles.